The fourth-order valence-electron chi connectivity index (χ4n) is 2.35. The third-order valence-electron chi connectivity index (χ3n) is 3.64. The molecular formula is C14H19FO2. The van der Waals surface area contributed by atoms with E-state index in [1.165, 1.54) is 12.1 Å². The van der Waals surface area contributed by atoms with Crippen LogP contribution in [0.15, 0.2) is 18.2 Å². The summed E-state index contributed by atoms with van der Waals surface area (Å²) in [6.07, 6.45) is 1.13. The van der Waals surface area contributed by atoms with Crippen molar-refractivity contribution in [3.63, 3.8) is 0 Å². The Kier molecular flexibility index (Phi) is 3.13. The van der Waals surface area contributed by atoms with Gasteiger partial charge in [0.1, 0.15) is 17.7 Å². The Bertz CT molecular complexity index is 415. The Morgan fingerprint density at radius 3 is 2.65 bits per heavy atom. The maximum atomic E-state index is 13.0. The molecule has 1 aromatic rings. The van der Waals surface area contributed by atoms with E-state index < -0.39 is 6.10 Å². The lowest BCUT2D eigenvalue weighted by molar-refractivity contribution is 0.00465. The van der Waals surface area contributed by atoms with Crippen LogP contribution in [0.2, 0.25) is 0 Å². The molecule has 3 heteroatoms. The van der Waals surface area contributed by atoms with Crippen molar-refractivity contribution in [3.05, 3.63) is 29.6 Å². The van der Waals surface area contributed by atoms with Gasteiger partial charge in [-0.05, 0) is 48.9 Å². The van der Waals surface area contributed by atoms with E-state index in [2.05, 4.69) is 0 Å². The van der Waals surface area contributed by atoms with Crippen LogP contribution in [0.25, 0.3) is 0 Å². The molecule has 17 heavy (non-hydrogen) atoms. The predicted octanol–water partition coefficient (Wildman–Crippen LogP) is 3.06. The number of aryl methyl sites for hydroxylation is 1. The zero-order valence-corrected chi connectivity index (χ0v) is 10.5. The van der Waals surface area contributed by atoms with Crippen LogP contribution in [0.4, 0.5) is 4.39 Å². The fourth-order valence-corrected chi connectivity index (χ4v) is 2.35. The van der Waals surface area contributed by atoms with E-state index in [-0.39, 0.29) is 17.3 Å². The largest absolute Gasteiger partial charge is 0.487 e. The van der Waals surface area contributed by atoms with Crippen LogP contribution in [0.5, 0.6) is 5.75 Å². The molecule has 2 unspecified atom stereocenters. The van der Waals surface area contributed by atoms with Gasteiger partial charge < -0.3 is 9.84 Å². The van der Waals surface area contributed by atoms with Crippen molar-refractivity contribution >= 4 is 0 Å². The van der Waals surface area contributed by atoms with Gasteiger partial charge in [-0.3, -0.25) is 0 Å². The third kappa shape index (κ3) is 2.44. The molecule has 0 saturated heterocycles. The van der Waals surface area contributed by atoms with Gasteiger partial charge in [-0.15, -0.1) is 0 Å². The molecule has 0 spiro atoms. The normalized spacial score (nSPS) is 27.1. The molecular weight excluding hydrogens is 219 g/mol. The Labute approximate surface area is 101 Å². The van der Waals surface area contributed by atoms with E-state index in [4.69, 9.17) is 4.74 Å². The van der Waals surface area contributed by atoms with Gasteiger partial charge in [0.25, 0.3) is 0 Å². The maximum Gasteiger partial charge on any atom is 0.125 e. The van der Waals surface area contributed by atoms with Crippen molar-refractivity contribution in [1.29, 1.82) is 0 Å². The molecule has 0 aromatic heterocycles. The molecule has 2 atom stereocenters. The Balaban J connectivity index is 2.12. The molecule has 1 aromatic carbocycles. The van der Waals surface area contributed by atoms with Crippen LogP contribution in [0.3, 0.4) is 0 Å². The van der Waals surface area contributed by atoms with Crippen LogP contribution < -0.4 is 4.74 Å². The van der Waals surface area contributed by atoms with E-state index in [0.29, 0.717) is 5.75 Å². The summed E-state index contributed by atoms with van der Waals surface area (Å²) < 4.78 is 18.7. The molecule has 1 aliphatic carbocycles. The average molecular weight is 238 g/mol. The van der Waals surface area contributed by atoms with Gasteiger partial charge in [0, 0.05) is 0 Å². The minimum absolute atomic E-state index is 0.0986. The van der Waals surface area contributed by atoms with Gasteiger partial charge in [0.15, 0.2) is 0 Å². The summed E-state index contributed by atoms with van der Waals surface area (Å²) in [4.78, 5) is 0. The van der Waals surface area contributed by atoms with Crippen molar-refractivity contribution in [2.45, 2.75) is 45.8 Å². The first kappa shape index (κ1) is 12.4. The van der Waals surface area contributed by atoms with Crippen LogP contribution in [0.1, 0.15) is 32.3 Å². The molecule has 0 radical (unpaired) electrons. The molecule has 0 amide bonds. The van der Waals surface area contributed by atoms with E-state index in [1.807, 2.05) is 20.8 Å². The van der Waals surface area contributed by atoms with E-state index >= 15 is 0 Å². The number of halogens is 1. The van der Waals surface area contributed by atoms with Crippen molar-refractivity contribution in [2.75, 3.05) is 0 Å². The highest BCUT2D eigenvalue weighted by atomic mass is 19.1. The molecule has 1 N–H and O–H groups in total. The summed E-state index contributed by atoms with van der Waals surface area (Å²) in [5.74, 6) is 0.398. The molecule has 1 aliphatic rings. The first-order valence-corrected chi connectivity index (χ1v) is 6.01. The second-order valence-electron chi connectivity index (χ2n) is 5.54. The number of ether oxygens (including phenoxy) is 1. The van der Waals surface area contributed by atoms with Gasteiger partial charge in [0.05, 0.1) is 6.10 Å². The first-order chi connectivity index (χ1) is 7.90. The lowest BCUT2D eigenvalue weighted by Gasteiger charge is -2.26. The highest BCUT2D eigenvalue weighted by Gasteiger charge is 2.42. The maximum absolute atomic E-state index is 13.0. The van der Waals surface area contributed by atoms with Crippen molar-refractivity contribution in [3.8, 4) is 5.75 Å². The summed E-state index contributed by atoms with van der Waals surface area (Å²) in [5.41, 5.74) is 0.667. The van der Waals surface area contributed by atoms with Crippen LogP contribution in [-0.4, -0.2) is 17.3 Å². The zero-order valence-electron chi connectivity index (χ0n) is 10.5. The smallest absolute Gasteiger partial charge is 0.125 e. The van der Waals surface area contributed by atoms with Gasteiger partial charge in [-0.2, -0.15) is 0 Å². The zero-order chi connectivity index (χ0) is 12.6. The van der Waals surface area contributed by atoms with Gasteiger partial charge in [-0.25, -0.2) is 4.39 Å². The average Bonchev–Trinajstić information content (AvgIpc) is 2.49. The van der Waals surface area contributed by atoms with Crippen molar-refractivity contribution in [1.82, 2.24) is 0 Å². The summed E-state index contributed by atoms with van der Waals surface area (Å²) in [6.45, 7) is 5.89. The minimum atomic E-state index is -0.466. The van der Waals surface area contributed by atoms with E-state index in [0.717, 1.165) is 18.4 Å². The van der Waals surface area contributed by atoms with Gasteiger partial charge in [0.2, 0.25) is 0 Å². The van der Waals surface area contributed by atoms with E-state index in [9.17, 15) is 9.50 Å². The van der Waals surface area contributed by atoms with Gasteiger partial charge in [-0.1, -0.05) is 13.8 Å². The minimum Gasteiger partial charge on any atom is -0.487 e. The van der Waals surface area contributed by atoms with Crippen LogP contribution >= 0.6 is 0 Å². The molecule has 1 fully saturated rings. The van der Waals surface area contributed by atoms with Crippen molar-refractivity contribution < 1.29 is 14.2 Å². The fraction of sp³-hybridized carbons (Fsp3) is 0.571. The quantitative estimate of drug-likeness (QED) is 0.858. The number of hydrogen-bond donors (Lipinski definition) is 1. The SMILES string of the molecule is Cc1cc(F)ccc1OC1CCC(C)(C)C1O. The predicted molar refractivity (Wildman–Crippen MR) is 64.6 cm³/mol. The summed E-state index contributed by atoms with van der Waals surface area (Å²) in [5, 5.41) is 10.1. The van der Waals surface area contributed by atoms with Gasteiger partial charge >= 0.3 is 0 Å². The Morgan fingerprint density at radius 1 is 1.41 bits per heavy atom. The van der Waals surface area contributed by atoms with Crippen molar-refractivity contribution in [2.24, 2.45) is 5.41 Å². The second-order valence-corrected chi connectivity index (χ2v) is 5.54. The number of aliphatic hydroxyl groups excluding tert-OH is 1. The number of rotatable bonds is 2. The van der Waals surface area contributed by atoms with E-state index in [1.54, 1.807) is 6.07 Å². The van der Waals surface area contributed by atoms with Crippen LogP contribution in [-0.2, 0) is 0 Å². The molecule has 0 bridgehead atoms. The molecule has 0 aliphatic heterocycles. The monoisotopic (exact) mass is 238 g/mol. The number of hydrogen-bond acceptors (Lipinski definition) is 2. The molecule has 1 saturated carbocycles. The molecule has 94 valence electrons. The lowest BCUT2D eigenvalue weighted by Crippen LogP contribution is -2.34. The topological polar surface area (TPSA) is 29.5 Å². The second kappa shape index (κ2) is 4.30. The number of benzene rings is 1. The molecule has 0 heterocycles. The first-order valence-electron chi connectivity index (χ1n) is 6.01. The molecule has 2 nitrogen and oxygen atoms in total. The molecule has 2 rings (SSSR count). The summed E-state index contributed by atoms with van der Waals surface area (Å²) >= 11 is 0. The highest BCUT2D eigenvalue weighted by Crippen LogP contribution is 2.39. The highest BCUT2D eigenvalue weighted by molar-refractivity contribution is 5.33. The van der Waals surface area contributed by atoms with Crippen LogP contribution in [0, 0.1) is 18.2 Å². The summed E-state index contributed by atoms with van der Waals surface area (Å²) in [7, 11) is 0. The lowest BCUT2D eigenvalue weighted by atomic mass is 9.89. The summed E-state index contributed by atoms with van der Waals surface area (Å²) in [6, 6.07) is 4.46. The third-order valence-corrected chi connectivity index (χ3v) is 3.64. The number of aliphatic hydroxyl groups is 1. The Morgan fingerprint density at radius 2 is 2.12 bits per heavy atom. The Hall–Kier alpha value is -1.09. The standard InChI is InChI=1S/C14H19FO2/c1-9-8-10(15)4-5-11(9)17-12-6-7-14(2,3)13(12)16/h4-5,8,12-13,16H,6-7H2,1-3H3.